The monoisotopic (exact) mass is 261 g/mol. The molecule has 1 aromatic rings. The molecule has 0 amide bonds. The summed E-state index contributed by atoms with van der Waals surface area (Å²) in [5, 5.41) is 3.04. The van der Waals surface area contributed by atoms with Gasteiger partial charge in [-0.1, -0.05) is 26.0 Å². The Labute approximate surface area is 105 Å². The lowest BCUT2D eigenvalue weighted by molar-refractivity contribution is -0.274. The molecular formula is C13H18F3NO. The Kier molecular flexibility index (Phi) is 4.62. The van der Waals surface area contributed by atoms with E-state index in [1.54, 1.807) is 6.07 Å². The van der Waals surface area contributed by atoms with Gasteiger partial charge in [0.2, 0.25) is 0 Å². The maximum Gasteiger partial charge on any atom is 0.573 e. The molecule has 0 radical (unpaired) electrons. The van der Waals surface area contributed by atoms with Crippen molar-refractivity contribution in [1.29, 1.82) is 0 Å². The van der Waals surface area contributed by atoms with Crippen molar-refractivity contribution < 1.29 is 17.9 Å². The molecule has 1 rings (SSSR count). The number of rotatable bonds is 5. The lowest BCUT2D eigenvalue weighted by Gasteiger charge is -2.25. The van der Waals surface area contributed by atoms with Gasteiger partial charge in [-0.15, -0.1) is 13.2 Å². The molecule has 0 aliphatic rings. The molecule has 5 heteroatoms. The predicted molar refractivity (Wildman–Crippen MR) is 64.7 cm³/mol. The molecule has 0 saturated carbocycles. The van der Waals surface area contributed by atoms with E-state index in [0.717, 1.165) is 18.5 Å². The van der Waals surface area contributed by atoms with E-state index in [1.807, 2.05) is 27.0 Å². The molecule has 0 aliphatic heterocycles. The Bertz CT molecular complexity index is 388. The predicted octanol–water partition coefficient (Wildman–Crippen LogP) is 3.47. The Hall–Kier alpha value is -1.23. The first-order valence-electron chi connectivity index (χ1n) is 5.75. The van der Waals surface area contributed by atoms with Crippen molar-refractivity contribution in [2.75, 3.05) is 13.6 Å². The highest BCUT2D eigenvalue weighted by molar-refractivity contribution is 5.33. The molecule has 0 aromatic heterocycles. The minimum atomic E-state index is -4.65. The fourth-order valence-corrected chi connectivity index (χ4v) is 1.70. The normalized spacial score (nSPS) is 12.6. The van der Waals surface area contributed by atoms with Crippen LogP contribution in [0.2, 0.25) is 0 Å². The van der Waals surface area contributed by atoms with Gasteiger partial charge in [0.25, 0.3) is 0 Å². The van der Waals surface area contributed by atoms with E-state index in [2.05, 4.69) is 10.1 Å². The molecule has 0 aliphatic carbocycles. The van der Waals surface area contributed by atoms with Gasteiger partial charge in [0.05, 0.1) is 0 Å². The standard InChI is InChI=1S/C13H18F3NO/c1-12(2,7-8-17-3)10-5-4-6-11(9-10)18-13(14,15)16/h4-6,9,17H,7-8H2,1-3H3. The van der Waals surface area contributed by atoms with E-state index in [1.165, 1.54) is 12.1 Å². The minimum absolute atomic E-state index is 0.169. The summed E-state index contributed by atoms with van der Waals surface area (Å²) in [5.74, 6) is -0.169. The van der Waals surface area contributed by atoms with E-state index < -0.39 is 6.36 Å². The highest BCUT2D eigenvalue weighted by atomic mass is 19.4. The van der Waals surface area contributed by atoms with Crippen LogP contribution in [-0.2, 0) is 5.41 Å². The van der Waals surface area contributed by atoms with Gasteiger partial charge in [-0.3, -0.25) is 0 Å². The lowest BCUT2D eigenvalue weighted by atomic mass is 9.81. The quantitative estimate of drug-likeness (QED) is 0.876. The van der Waals surface area contributed by atoms with E-state index in [9.17, 15) is 13.2 Å². The number of ether oxygens (including phenoxy) is 1. The molecule has 0 fully saturated rings. The second-order valence-corrected chi connectivity index (χ2v) is 4.81. The maximum atomic E-state index is 12.1. The average molecular weight is 261 g/mol. The SMILES string of the molecule is CNCCC(C)(C)c1cccc(OC(F)(F)F)c1. The van der Waals surface area contributed by atoms with Gasteiger partial charge in [-0.05, 0) is 43.1 Å². The Morgan fingerprint density at radius 2 is 1.89 bits per heavy atom. The zero-order valence-electron chi connectivity index (χ0n) is 10.8. The van der Waals surface area contributed by atoms with E-state index in [4.69, 9.17) is 0 Å². The number of benzene rings is 1. The van der Waals surface area contributed by atoms with Gasteiger partial charge < -0.3 is 10.1 Å². The highest BCUT2D eigenvalue weighted by Crippen LogP contribution is 2.31. The van der Waals surface area contributed by atoms with Gasteiger partial charge in [0.15, 0.2) is 0 Å². The molecule has 0 unspecified atom stereocenters. The summed E-state index contributed by atoms with van der Waals surface area (Å²) in [6.07, 6.45) is -3.81. The van der Waals surface area contributed by atoms with Crippen molar-refractivity contribution in [2.24, 2.45) is 0 Å². The Morgan fingerprint density at radius 3 is 2.44 bits per heavy atom. The van der Waals surface area contributed by atoms with E-state index in [-0.39, 0.29) is 11.2 Å². The van der Waals surface area contributed by atoms with Crippen LogP contribution in [0.3, 0.4) is 0 Å². The molecule has 1 aromatic carbocycles. The first-order valence-corrected chi connectivity index (χ1v) is 5.75. The van der Waals surface area contributed by atoms with Crippen LogP contribution in [0, 0.1) is 0 Å². The van der Waals surface area contributed by atoms with Crippen LogP contribution >= 0.6 is 0 Å². The van der Waals surface area contributed by atoms with Crippen LogP contribution in [0.4, 0.5) is 13.2 Å². The maximum absolute atomic E-state index is 12.1. The molecule has 0 atom stereocenters. The van der Waals surface area contributed by atoms with Gasteiger partial charge in [-0.2, -0.15) is 0 Å². The average Bonchev–Trinajstić information content (AvgIpc) is 2.24. The van der Waals surface area contributed by atoms with Gasteiger partial charge in [-0.25, -0.2) is 0 Å². The first kappa shape index (κ1) is 14.8. The molecule has 1 N–H and O–H groups in total. The Morgan fingerprint density at radius 1 is 1.22 bits per heavy atom. The number of nitrogens with one attached hydrogen (secondary N) is 1. The number of hydrogen-bond donors (Lipinski definition) is 1. The molecule has 0 spiro atoms. The molecule has 102 valence electrons. The fourth-order valence-electron chi connectivity index (χ4n) is 1.70. The van der Waals surface area contributed by atoms with E-state index in [0.29, 0.717) is 0 Å². The Balaban J connectivity index is 2.87. The summed E-state index contributed by atoms with van der Waals surface area (Å²) in [6.45, 7) is 4.80. The molecule has 0 bridgehead atoms. The zero-order chi connectivity index (χ0) is 13.8. The molecule has 0 saturated heterocycles. The van der Waals surface area contributed by atoms with E-state index >= 15 is 0 Å². The van der Waals surface area contributed by atoms with Gasteiger partial charge in [0, 0.05) is 0 Å². The number of alkyl halides is 3. The van der Waals surface area contributed by atoms with Crippen LogP contribution in [0.5, 0.6) is 5.75 Å². The second-order valence-electron chi connectivity index (χ2n) is 4.81. The highest BCUT2D eigenvalue weighted by Gasteiger charge is 2.31. The molecular weight excluding hydrogens is 243 g/mol. The summed E-state index contributed by atoms with van der Waals surface area (Å²) in [5.41, 5.74) is 0.632. The number of halogens is 3. The molecule has 2 nitrogen and oxygen atoms in total. The zero-order valence-corrected chi connectivity index (χ0v) is 10.8. The van der Waals surface area contributed by atoms with Crippen molar-refractivity contribution in [1.82, 2.24) is 5.32 Å². The van der Waals surface area contributed by atoms with Crippen molar-refractivity contribution in [3.05, 3.63) is 29.8 Å². The van der Waals surface area contributed by atoms with Crippen molar-refractivity contribution in [3.8, 4) is 5.75 Å². The van der Waals surface area contributed by atoms with Crippen molar-refractivity contribution >= 4 is 0 Å². The van der Waals surface area contributed by atoms with Crippen LogP contribution < -0.4 is 10.1 Å². The third-order valence-corrected chi connectivity index (χ3v) is 2.85. The molecule has 18 heavy (non-hydrogen) atoms. The summed E-state index contributed by atoms with van der Waals surface area (Å²) < 4.78 is 40.3. The molecule has 0 heterocycles. The summed E-state index contributed by atoms with van der Waals surface area (Å²) in [4.78, 5) is 0. The van der Waals surface area contributed by atoms with Crippen molar-refractivity contribution in [3.63, 3.8) is 0 Å². The van der Waals surface area contributed by atoms with Crippen molar-refractivity contribution in [2.45, 2.75) is 32.0 Å². The summed E-state index contributed by atoms with van der Waals surface area (Å²) in [6, 6.07) is 6.16. The topological polar surface area (TPSA) is 21.3 Å². The van der Waals surface area contributed by atoms with Crippen LogP contribution in [0.15, 0.2) is 24.3 Å². The smallest absolute Gasteiger partial charge is 0.406 e. The fraction of sp³-hybridized carbons (Fsp3) is 0.538. The third-order valence-electron chi connectivity index (χ3n) is 2.85. The lowest BCUT2D eigenvalue weighted by Crippen LogP contribution is -2.24. The number of hydrogen-bond acceptors (Lipinski definition) is 2. The van der Waals surface area contributed by atoms with Gasteiger partial charge in [0.1, 0.15) is 5.75 Å². The van der Waals surface area contributed by atoms with Crippen LogP contribution in [0.1, 0.15) is 25.8 Å². The van der Waals surface area contributed by atoms with Crippen LogP contribution in [-0.4, -0.2) is 20.0 Å². The largest absolute Gasteiger partial charge is 0.573 e. The van der Waals surface area contributed by atoms with Gasteiger partial charge >= 0.3 is 6.36 Å². The second kappa shape index (κ2) is 5.61. The summed E-state index contributed by atoms with van der Waals surface area (Å²) >= 11 is 0. The van der Waals surface area contributed by atoms with Crippen LogP contribution in [0.25, 0.3) is 0 Å². The third kappa shape index (κ3) is 4.56. The minimum Gasteiger partial charge on any atom is -0.406 e. The summed E-state index contributed by atoms with van der Waals surface area (Å²) in [7, 11) is 1.85. The first-order chi connectivity index (χ1) is 8.24.